The van der Waals surface area contributed by atoms with E-state index in [0.29, 0.717) is 16.7 Å². The number of rotatable bonds is 0. The number of nitrogens with one attached hydrogen (secondary N) is 1. The van der Waals surface area contributed by atoms with Crippen LogP contribution in [0.25, 0.3) is 21.8 Å². The van der Waals surface area contributed by atoms with Gasteiger partial charge in [0.2, 0.25) is 5.43 Å². The molecule has 0 amide bonds. The quantitative estimate of drug-likeness (QED) is 0.597. The number of benzene rings is 1. The average molecular weight is 227 g/mol. The highest BCUT2D eigenvalue weighted by Crippen LogP contribution is 2.12. The molecule has 17 heavy (non-hydrogen) atoms. The van der Waals surface area contributed by atoms with Crippen LogP contribution in [0.2, 0.25) is 0 Å². The van der Waals surface area contributed by atoms with Crippen molar-refractivity contribution in [2.24, 2.45) is 0 Å². The molecule has 0 spiro atoms. The van der Waals surface area contributed by atoms with E-state index in [9.17, 15) is 9.59 Å². The molecule has 0 aliphatic heterocycles. The molecule has 1 N–H and O–H groups in total. The van der Waals surface area contributed by atoms with E-state index in [0.717, 1.165) is 5.52 Å². The third-order valence-electron chi connectivity index (χ3n) is 2.74. The second kappa shape index (κ2) is 3.31. The zero-order valence-corrected chi connectivity index (χ0v) is 9.11. The van der Waals surface area contributed by atoms with E-state index in [-0.39, 0.29) is 10.8 Å². The molecule has 0 saturated carbocycles. The first kappa shape index (κ1) is 9.84. The molecule has 0 bridgehead atoms. The minimum atomic E-state index is -0.591. The Morgan fingerprint density at radius 2 is 1.88 bits per heavy atom. The van der Waals surface area contributed by atoms with Crippen molar-refractivity contribution in [1.29, 1.82) is 0 Å². The summed E-state index contributed by atoms with van der Waals surface area (Å²) >= 11 is 0. The van der Waals surface area contributed by atoms with Crippen LogP contribution in [0.5, 0.6) is 0 Å². The molecule has 3 rings (SSSR count). The maximum Gasteiger partial charge on any atom is 0.349 e. The first-order valence-corrected chi connectivity index (χ1v) is 5.22. The molecular weight excluding hydrogens is 218 g/mol. The molecule has 3 aromatic rings. The molecular formula is C13H9NO3. The Hall–Kier alpha value is -2.36. The van der Waals surface area contributed by atoms with Crippen LogP contribution >= 0.6 is 0 Å². The van der Waals surface area contributed by atoms with E-state index in [2.05, 4.69) is 4.98 Å². The normalized spacial score (nSPS) is 11.1. The van der Waals surface area contributed by atoms with Gasteiger partial charge in [-0.25, -0.2) is 4.79 Å². The lowest BCUT2D eigenvalue weighted by Gasteiger charge is -2.01. The number of para-hydroxylation sites is 1. The van der Waals surface area contributed by atoms with Crippen LogP contribution in [0.3, 0.4) is 0 Å². The smallest absolute Gasteiger partial charge is 0.349 e. The van der Waals surface area contributed by atoms with Crippen molar-refractivity contribution in [2.75, 3.05) is 0 Å². The molecule has 0 atom stereocenters. The zero-order valence-electron chi connectivity index (χ0n) is 9.11. The predicted octanol–water partition coefficient (Wildman–Crippen LogP) is 1.94. The first-order valence-electron chi connectivity index (χ1n) is 5.22. The number of pyridine rings is 1. The van der Waals surface area contributed by atoms with Crippen LogP contribution in [0.1, 0.15) is 5.76 Å². The Morgan fingerprint density at radius 1 is 1.12 bits per heavy atom. The van der Waals surface area contributed by atoms with Crippen molar-refractivity contribution < 1.29 is 4.42 Å². The highest BCUT2D eigenvalue weighted by Gasteiger charge is 2.09. The van der Waals surface area contributed by atoms with Crippen molar-refractivity contribution >= 4 is 21.8 Å². The van der Waals surface area contributed by atoms with Crippen molar-refractivity contribution in [3.63, 3.8) is 0 Å². The Bertz CT molecular complexity index is 843. The summed E-state index contributed by atoms with van der Waals surface area (Å²) in [6.07, 6.45) is 0. The lowest BCUT2D eigenvalue weighted by Crippen LogP contribution is -2.14. The number of aryl methyl sites for hydroxylation is 1. The van der Waals surface area contributed by atoms with Gasteiger partial charge in [-0.15, -0.1) is 0 Å². The molecule has 0 unspecified atom stereocenters. The van der Waals surface area contributed by atoms with Crippen molar-refractivity contribution in [2.45, 2.75) is 6.92 Å². The Balaban J connectivity index is 2.70. The fourth-order valence-corrected chi connectivity index (χ4v) is 2.00. The molecule has 84 valence electrons. The molecule has 4 nitrogen and oxygen atoms in total. The third kappa shape index (κ3) is 1.38. The number of H-pyrrole nitrogens is 1. The lowest BCUT2D eigenvalue weighted by atomic mass is 10.1. The monoisotopic (exact) mass is 227 g/mol. The van der Waals surface area contributed by atoms with Gasteiger partial charge in [-0.2, -0.15) is 0 Å². The molecule has 0 fully saturated rings. The van der Waals surface area contributed by atoms with Gasteiger partial charge in [0.15, 0.2) is 0 Å². The van der Waals surface area contributed by atoms with Crippen LogP contribution in [0.4, 0.5) is 0 Å². The maximum absolute atomic E-state index is 12.1. The summed E-state index contributed by atoms with van der Waals surface area (Å²) < 4.78 is 4.94. The zero-order chi connectivity index (χ0) is 12.0. The Morgan fingerprint density at radius 3 is 2.71 bits per heavy atom. The number of aromatic nitrogens is 1. The van der Waals surface area contributed by atoms with Crippen LogP contribution in [-0.4, -0.2) is 4.98 Å². The van der Waals surface area contributed by atoms with Crippen LogP contribution in [-0.2, 0) is 0 Å². The maximum atomic E-state index is 12.1. The summed E-state index contributed by atoms with van der Waals surface area (Å²) in [4.78, 5) is 26.9. The summed E-state index contributed by atoms with van der Waals surface area (Å²) in [5, 5.41) is 0.574. The van der Waals surface area contributed by atoms with E-state index in [4.69, 9.17) is 4.42 Å². The first-order chi connectivity index (χ1) is 8.16. The van der Waals surface area contributed by atoms with Crippen LogP contribution < -0.4 is 11.1 Å². The number of fused-ring (bicyclic) bond motifs is 2. The van der Waals surface area contributed by atoms with Crippen molar-refractivity contribution in [1.82, 2.24) is 4.98 Å². The van der Waals surface area contributed by atoms with Crippen molar-refractivity contribution in [3.8, 4) is 0 Å². The van der Waals surface area contributed by atoms with Crippen molar-refractivity contribution in [3.05, 3.63) is 56.7 Å². The molecule has 0 aliphatic carbocycles. The van der Waals surface area contributed by atoms with E-state index in [1.54, 1.807) is 31.2 Å². The second-order valence-corrected chi connectivity index (χ2v) is 3.93. The SMILES string of the molecule is Cc1cc2[nH]c3ccccc3c(=O)c2c(=O)o1. The number of hydrogen-bond acceptors (Lipinski definition) is 3. The predicted molar refractivity (Wildman–Crippen MR) is 65.3 cm³/mol. The third-order valence-corrected chi connectivity index (χ3v) is 2.74. The summed E-state index contributed by atoms with van der Waals surface area (Å²) in [5.74, 6) is 0.480. The highest BCUT2D eigenvalue weighted by molar-refractivity contribution is 5.91. The minimum absolute atomic E-state index is 0.0781. The summed E-state index contributed by atoms with van der Waals surface area (Å²) in [7, 11) is 0. The summed E-state index contributed by atoms with van der Waals surface area (Å²) in [6.45, 7) is 1.67. The Kier molecular flexibility index (Phi) is 1.92. The minimum Gasteiger partial charge on any atom is -0.428 e. The van der Waals surface area contributed by atoms with Gasteiger partial charge in [0.25, 0.3) is 0 Å². The van der Waals surface area contributed by atoms with Gasteiger partial charge < -0.3 is 9.40 Å². The lowest BCUT2D eigenvalue weighted by molar-refractivity contribution is 0.488. The standard InChI is InChI=1S/C13H9NO3/c1-7-6-10-11(13(16)17-7)12(15)8-4-2-3-5-9(8)14-10/h2-6H,1H3,(H,14,15). The van der Waals surface area contributed by atoms with Crippen LogP contribution in [0, 0.1) is 6.92 Å². The van der Waals surface area contributed by atoms with E-state index in [1.807, 2.05) is 6.07 Å². The molecule has 0 radical (unpaired) electrons. The van der Waals surface area contributed by atoms with Gasteiger partial charge in [-0.1, -0.05) is 12.1 Å². The molecule has 4 heteroatoms. The summed E-state index contributed by atoms with van der Waals surface area (Å²) in [5.41, 5.74) is 0.354. The number of aromatic amines is 1. The van der Waals surface area contributed by atoms with Crippen LogP contribution in [0.15, 0.2) is 44.3 Å². The van der Waals surface area contributed by atoms with E-state index < -0.39 is 5.63 Å². The second-order valence-electron chi connectivity index (χ2n) is 3.93. The molecule has 0 aliphatic rings. The fourth-order valence-electron chi connectivity index (χ4n) is 2.00. The fraction of sp³-hybridized carbons (Fsp3) is 0.0769. The summed E-state index contributed by atoms with van der Waals surface area (Å²) in [6, 6.07) is 8.75. The average Bonchev–Trinajstić information content (AvgIpc) is 2.28. The molecule has 2 heterocycles. The highest BCUT2D eigenvalue weighted by atomic mass is 16.4. The molecule has 2 aromatic heterocycles. The van der Waals surface area contributed by atoms with Gasteiger partial charge in [-0.3, -0.25) is 4.79 Å². The van der Waals surface area contributed by atoms with Gasteiger partial charge >= 0.3 is 5.63 Å². The number of hydrogen-bond donors (Lipinski definition) is 1. The van der Waals surface area contributed by atoms with Gasteiger partial charge in [-0.05, 0) is 19.1 Å². The molecule has 0 saturated heterocycles. The largest absolute Gasteiger partial charge is 0.428 e. The Labute approximate surface area is 95.5 Å². The van der Waals surface area contributed by atoms with E-state index >= 15 is 0 Å². The molecule has 1 aromatic carbocycles. The topological polar surface area (TPSA) is 63.1 Å². The van der Waals surface area contributed by atoms with Gasteiger partial charge in [0, 0.05) is 17.0 Å². The van der Waals surface area contributed by atoms with Gasteiger partial charge in [0.1, 0.15) is 11.1 Å². The van der Waals surface area contributed by atoms with Gasteiger partial charge in [0.05, 0.1) is 5.52 Å². The van der Waals surface area contributed by atoms with E-state index in [1.165, 1.54) is 0 Å².